The molecule has 2 rings (SSSR count). The predicted molar refractivity (Wildman–Crippen MR) is 78.9 cm³/mol. The summed E-state index contributed by atoms with van der Waals surface area (Å²) < 4.78 is 0. The molecule has 0 aromatic heterocycles. The molecule has 0 radical (unpaired) electrons. The summed E-state index contributed by atoms with van der Waals surface area (Å²) in [6.07, 6.45) is 2.20. The van der Waals surface area contributed by atoms with Crippen molar-refractivity contribution in [1.82, 2.24) is 0 Å². The number of hydrogen-bond donors (Lipinski definition) is 3. The first-order chi connectivity index (χ1) is 9.39. The summed E-state index contributed by atoms with van der Waals surface area (Å²) in [7, 11) is 0. The van der Waals surface area contributed by atoms with Crippen LogP contribution in [0.5, 0.6) is 0 Å². The lowest BCUT2D eigenvalue weighted by atomic mass is 9.79. The van der Waals surface area contributed by atoms with Crippen molar-refractivity contribution in [3.63, 3.8) is 0 Å². The Hall–Kier alpha value is -1.55. The first-order valence-electron chi connectivity index (χ1n) is 7.16. The molecule has 20 heavy (non-hydrogen) atoms. The Morgan fingerprint density at radius 1 is 1.35 bits per heavy atom. The Balaban J connectivity index is 1.92. The number of carboxylic acid groups (broad SMARTS) is 1. The highest BCUT2D eigenvalue weighted by atomic mass is 16.4. The molecule has 3 N–H and O–H groups in total. The predicted octanol–water partition coefficient (Wildman–Crippen LogP) is 2.72. The summed E-state index contributed by atoms with van der Waals surface area (Å²) in [4.78, 5) is 10.9. The molecule has 0 bridgehead atoms. The molecule has 1 aliphatic carbocycles. The Morgan fingerprint density at radius 2 is 2.00 bits per heavy atom. The summed E-state index contributed by atoms with van der Waals surface area (Å²) in [5.74, 6) is -1.04. The molecule has 0 aliphatic heterocycles. The van der Waals surface area contributed by atoms with Crippen LogP contribution in [-0.2, 0) is 4.79 Å². The van der Waals surface area contributed by atoms with Gasteiger partial charge in [0.2, 0.25) is 0 Å². The van der Waals surface area contributed by atoms with E-state index in [4.69, 9.17) is 5.11 Å². The molecule has 1 aromatic carbocycles. The highest BCUT2D eigenvalue weighted by molar-refractivity contribution is 5.70. The average Bonchev–Trinajstić information content (AvgIpc) is 2.38. The van der Waals surface area contributed by atoms with Gasteiger partial charge in [-0.3, -0.25) is 4.79 Å². The molecular formula is C16H23NO3. The van der Waals surface area contributed by atoms with Crippen molar-refractivity contribution < 1.29 is 15.0 Å². The van der Waals surface area contributed by atoms with Gasteiger partial charge in [-0.05, 0) is 51.2 Å². The quantitative estimate of drug-likeness (QED) is 0.791. The van der Waals surface area contributed by atoms with Crippen molar-refractivity contribution >= 4 is 11.7 Å². The second kappa shape index (κ2) is 5.83. The van der Waals surface area contributed by atoms with Crippen molar-refractivity contribution in [2.75, 3.05) is 11.9 Å². The van der Waals surface area contributed by atoms with Crippen LogP contribution in [0.1, 0.15) is 36.8 Å². The maximum Gasteiger partial charge on any atom is 0.306 e. The van der Waals surface area contributed by atoms with Crippen molar-refractivity contribution in [3.05, 3.63) is 29.3 Å². The molecule has 4 nitrogen and oxygen atoms in total. The molecule has 1 aromatic rings. The third kappa shape index (κ3) is 3.51. The minimum absolute atomic E-state index is 0.295. The third-order valence-electron chi connectivity index (χ3n) is 4.26. The first kappa shape index (κ1) is 14.9. The van der Waals surface area contributed by atoms with Gasteiger partial charge in [-0.1, -0.05) is 17.7 Å². The molecule has 1 saturated carbocycles. The van der Waals surface area contributed by atoms with E-state index < -0.39 is 11.6 Å². The van der Waals surface area contributed by atoms with Crippen molar-refractivity contribution in [1.29, 1.82) is 0 Å². The molecule has 0 spiro atoms. The number of benzene rings is 1. The van der Waals surface area contributed by atoms with Gasteiger partial charge in [0.25, 0.3) is 0 Å². The molecule has 1 fully saturated rings. The van der Waals surface area contributed by atoms with Gasteiger partial charge in [0.1, 0.15) is 0 Å². The molecule has 110 valence electrons. The molecule has 4 heteroatoms. The molecule has 1 aliphatic rings. The van der Waals surface area contributed by atoms with Gasteiger partial charge >= 0.3 is 5.97 Å². The third-order valence-corrected chi connectivity index (χ3v) is 4.26. The topological polar surface area (TPSA) is 69.6 Å². The van der Waals surface area contributed by atoms with Crippen molar-refractivity contribution in [2.45, 2.75) is 45.1 Å². The summed E-state index contributed by atoms with van der Waals surface area (Å²) in [6.45, 7) is 4.57. The standard InChI is InChI=1S/C16H23NO3/c1-11-3-4-14(12(2)9-11)17-10-16(20)7-5-13(6-8-16)15(18)19/h3-4,9,13,17,20H,5-8,10H2,1-2H3,(H,18,19). The molecule has 0 atom stereocenters. The second-order valence-electron chi connectivity index (χ2n) is 6.01. The molecule has 0 unspecified atom stereocenters. The zero-order valence-corrected chi connectivity index (χ0v) is 12.1. The maximum atomic E-state index is 10.9. The SMILES string of the molecule is Cc1ccc(NCC2(O)CCC(C(=O)O)CC2)c(C)c1. The van der Waals surface area contributed by atoms with E-state index in [-0.39, 0.29) is 5.92 Å². The Morgan fingerprint density at radius 3 is 2.55 bits per heavy atom. The smallest absolute Gasteiger partial charge is 0.306 e. The summed E-state index contributed by atoms with van der Waals surface area (Å²) in [5, 5.41) is 22.8. The van der Waals surface area contributed by atoms with Gasteiger partial charge in [0, 0.05) is 12.2 Å². The summed E-state index contributed by atoms with van der Waals surface area (Å²) in [5.41, 5.74) is 2.62. The number of aliphatic hydroxyl groups is 1. The zero-order valence-electron chi connectivity index (χ0n) is 12.1. The van der Waals surface area contributed by atoms with E-state index in [9.17, 15) is 9.90 Å². The number of anilines is 1. The first-order valence-corrected chi connectivity index (χ1v) is 7.16. The largest absolute Gasteiger partial charge is 0.481 e. The maximum absolute atomic E-state index is 10.9. The van der Waals surface area contributed by atoms with Crippen LogP contribution >= 0.6 is 0 Å². The normalized spacial score (nSPS) is 26.2. The monoisotopic (exact) mass is 277 g/mol. The Bertz CT molecular complexity index is 490. The van der Waals surface area contributed by atoms with Crippen LogP contribution in [0.25, 0.3) is 0 Å². The van der Waals surface area contributed by atoms with Gasteiger partial charge in [0.05, 0.1) is 11.5 Å². The fraction of sp³-hybridized carbons (Fsp3) is 0.562. The lowest BCUT2D eigenvalue weighted by Gasteiger charge is -2.35. The van der Waals surface area contributed by atoms with E-state index in [2.05, 4.69) is 18.3 Å². The van der Waals surface area contributed by atoms with E-state index in [1.807, 2.05) is 19.1 Å². The van der Waals surface area contributed by atoms with Gasteiger partial charge in [-0.15, -0.1) is 0 Å². The van der Waals surface area contributed by atoms with Crippen LogP contribution in [0.4, 0.5) is 5.69 Å². The average molecular weight is 277 g/mol. The lowest BCUT2D eigenvalue weighted by molar-refractivity contribution is -0.144. The van der Waals surface area contributed by atoms with E-state index in [1.54, 1.807) is 0 Å². The fourth-order valence-corrected chi connectivity index (χ4v) is 2.85. The summed E-state index contributed by atoms with van der Waals surface area (Å²) in [6, 6.07) is 6.17. The highest BCUT2D eigenvalue weighted by Crippen LogP contribution is 2.32. The molecular weight excluding hydrogens is 254 g/mol. The van der Waals surface area contributed by atoms with Crippen molar-refractivity contribution in [2.24, 2.45) is 5.92 Å². The second-order valence-corrected chi connectivity index (χ2v) is 6.01. The minimum Gasteiger partial charge on any atom is -0.481 e. The molecule has 0 saturated heterocycles. The number of aryl methyl sites for hydroxylation is 2. The minimum atomic E-state index is -0.788. The zero-order chi connectivity index (χ0) is 14.8. The van der Waals surface area contributed by atoms with E-state index in [0.29, 0.717) is 32.2 Å². The Labute approximate surface area is 119 Å². The fourth-order valence-electron chi connectivity index (χ4n) is 2.85. The van der Waals surface area contributed by atoms with Gasteiger partial charge in [0.15, 0.2) is 0 Å². The number of nitrogens with one attached hydrogen (secondary N) is 1. The van der Waals surface area contributed by atoms with Crippen molar-refractivity contribution in [3.8, 4) is 0 Å². The van der Waals surface area contributed by atoms with Gasteiger partial charge in [-0.25, -0.2) is 0 Å². The number of aliphatic carboxylic acids is 1. The van der Waals surface area contributed by atoms with Gasteiger partial charge in [-0.2, -0.15) is 0 Å². The van der Waals surface area contributed by atoms with Gasteiger partial charge < -0.3 is 15.5 Å². The number of carboxylic acids is 1. The number of carbonyl (C=O) groups is 1. The number of rotatable bonds is 4. The van der Waals surface area contributed by atoms with E-state index >= 15 is 0 Å². The van der Waals surface area contributed by atoms with Crippen LogP contribution in [0, 0.1) is 19.8 Å². The highest BCUT2D eigenvalue weighted by Gasteiger charge is 2.35. The van der Waals surface area contributed by atoms with Crippen LogP contribution < -0.4 is 5.32 Å². The van der Waals surface area contributed by atoms with Crippen LogP contribution in [0.3, 0.4) is 0 Å². The molecule has 0 heterocycles. The lowest BCUT2D eigenvalue weighted by Crippen LogP contribution is -2.41. The van der Waals surface area contributed by atoms with Crippen LogP contribution in [-0.4, -0.2) is 28.3 Å². The summed E-state index contributed by atoms with van der Waals surface area (Å²) >= 11 is 0. The van der Waals surface area contributed by atoms with E-state index in [0.717, 1.165) is 11.3 Å². The molecule has 0 amide bonds. The van der Waals surface area contributed by atoms with Crippen LogP contribution in [0.15, 0.2) is 18.2 Å². The van der Waals surface area contributed by atoms with Crippen LogP contribution in [0.2, 0.25) is 0 Å². The van der Waals surface area contributed by atoms with E-state index in [1.165, 1.54) is 5.56 Å². The number of hydrogen-bond acceptors (Lipinski definition) is 3. The Kier molecular flexibility index (Phi) is 4.33.